The summed E-state index contributed by atoms with van der Waals surface area (Å²) < 4.78 is 0. The van der Waals surface area contributed by atoms with Crippen LogP contribution in [0.5, 0.6) is 0 Å². The van der Waals surface area contributed by atoms with E-state index in [2.05, 4.69) is 5.32 Å². The number of benzene rings is 3. The highest BCUT2D eigenvalue weighted by Crippen LogP contribution is 2.26. The first-order chi connectivity index (χ1) is 15.8. The normalized spacial score (nSPS) is 13.9. The second-order valence-electron chi connectivity index (χ2n) is 7.70. The minimum absolute atomic E-state index is 0.0336. The molecule has 2 amide bonds. The van der Waals surface area contributed by atoms with Crippen LogP contribution in [-0.4, -0.2) is 35.5 Å². The fourth-order valence-corrected chi connectivity index (χ4v) is 4.43. The first-order valence-electron chi connectivity index (χ1n) is 10.3. The molecule has 0 fully saturated rings. The quantitative estimate of drug-likeness (QED) is 0.536. The molecule has 0 bridgehead atoms. The lowest BCUT2D eigenvalue weighted by molar-refractivity contribution is -0.139. The molecule has 0 spiro atoms. The molecule has 1 aliphatic rings. The van der Waals surface area contributed by atoms with Crippen LogP contribution in [0.2, 0.25) is 10.0 Å². The van der Waals surface area contributed by atoms with Crippen molar-refractivity contribution in [3.05, 3.63) is 99.0 Å². The standard InChI is InChI=1S/C25H20Cl2N2O4/c26-19-6-3-7-20(27)22(19)23(30)28-21(25(32)33)14-15-8-10-17(11-9-15)29-13-12-16-4-1-2-5-18(16)24(29)31/h1-11,21H,12-14H2,(H,28,30)(H,32,33)/t21-/m0/s1. The van der Waals surface area contributed by atoms with Crippen molar-refractivity contribution in [1.82, 2.24) is 5.32 Å². The van der Waals surface area contributed by atoms with Gasteiger partial charge in [0.05, 0.1) is 15.6 Å². The number of carbonyl (C=O) groups is 3. The maximum atomic E-state index is 12.9. The Bertz CT molecular complexity index is 1210. The molecule has 6 nitrogen and oxygen atoms in total. The van der Waals surface area contributed by atoms with E-state index in [-0.39, 0.29) is 27.9 Å². The van der Waals surface area contributed by atoms with Gasteiger partial charge in [-0.05, 0) is 47.9 Å². The monoisotopic (exact) mass is 482 g/mol. The van der Waals surface area contributed by atoms with Crippen LogP contribution in [0.3, 0.4) is 0 Å². The number of nitrogens with zero attached hydrogens (tertiary/aromatic N) is 1. The molecule has 1 aliphatic heterocycles. The third-order valence-electron chi connectivity index (χ3n) is 5.58. The van der Waals surface area contributed by atoms with Crippen molar-refractivity contribution < 1.29 is 19.5 Å². The molecule has 2 N–H and O–H groups in total. The molecule has 0 aromatic heterocycles. The fourth-order valence-electron chi connectivity index (χ4n) is 3.87. The Kier molecular flexibility index (Phi) is 6.67. The minimum atomic E-state index is -1.18. The minimum Gasteiger partial charge on any atom is -0.480 e. The van der Waals surface area contributed by atoms with Gasteiger partial charge in [-0.15, -0.1) is 0 Å². The molecule has 3 aromatic carbocycles. The van der Waals surface area contributed by atoms with Crippen molar-refractivity contribution in [3.8, 4) is 0 Å². The Balaban J connectivity index is 1.47. The highest BCUT2D eigenvalue weighted by molar-refractivity contribution is 6.39. The SMILES string of the molecule is O=C(N[C@@H](Cc1ccc(N2CCc3ccccc3C2=O)cc1)C(=O)O)c1c(Cl)cccc1Cl. The van der Waals surface area contributed by atoms with E-state index in [1.165, 1.54) is 12.1 Å². The summed E-state index contributed by atoms with van der Waals surface area (Å²) >= 11 is 12.1. The first kappa shape index (κ1) is 22.8. The van der Waals surface area contributed by atoms with Crippen LogP contribution in [0.15, 0.2) is 66.7 Å². The summed E-state index contributed by atoms with van der Waals surface area (Å²) in [7, 11) is 0. The second-order valence-corrected chi connectivity index (χ2v) is 8.51. The lowest BCUT2D eigenvalue weighted by Crippen LogP contribution is -2.42. The van der Waals surface area contributed by atoms with Gasteiger partial charge in [0.2, 0.25) is 0 Å². The van der Waals surface area contributed by atoms with E-state index in [4.69, 9.17) is 23.2 Å². The Morgan fingerprint density at radius 2 is 1.64 bits per heavy atom. The lowest BCUT2D eigenvalue weighted by atomic mass is 9.98. The number of rotatable bonds is 6. The number of carboxylic acids is 1. The number of fused-ring (bicyclic) bond motifs is 1. The van der Waals surface area contributed by atoms with E-state index in [1.54, 1.807) is 35.2 Å². The van der Waals surface area contributed by atoms with E-state index in [1.807, 2.05) is 24.3 Å². The first-order valence-corrected chi connectivity index (χ1v) is 11.1. The summed E-state index contributed by atoms with van der Waals surface area (Å²) in [6, 6.07) is 18.1. The van der Waals surface area contributed by atoms with E-state index >= 15 is 0 Å². The molecule has 4 rings (SSSR count). The molecule has 168 valence electrons. The third kappa shape index (κ3) is 4.87. The number of nitrogens with one attached hydrogen (secondary N) is 1. The molecule has 1 heterocycles. The summed E-state index contributed by atoms with van der Waals surface area (Å²) in [6.07, 6.45) is 0.821. The van der Waals surface area contributed by atoms with Crippen molar-refractivity contribution >= 4 is 46.7 Å². The van der Waals surface area contributed by atoms with Gasteiger partial charge in [-0.2, -0.15) is 0 Å². The third-order valence-corrected chi connectivity index (χ3v) is 6.21. The predicted molar refractivity (Wildman–Crippen MR) is 127 cm³/mol. The largest absolute Gasteiger partial charge is 0.480 e. The molecule has 0 saturated heterocycles. The molecule has 33 heavy (non-hydrogen) atoms. The summed E-state index contributed by atoms with van der Waals surface area (Å²) in [4.78, 5) is 39.0. The molecule has 0 aliphatic carbocycles. The van der Waals surface area contributed by atoms with E-state index in [0.717, 1.165) is 17.7 Å². The van der Waals surface area contributed by atoms with Crippen molar-refractivity contribution in [2.45, 2.75) is 18.9 Å². The molecule has 0 radical (unpaired) electrons. The van der Waals surface area contributed by atoms with Crippen LogP contribution in [0.25, 0.3) is 0 Å². The predicted octanol–water partition coefficient (Wildman–Crippen LogP) is 4.62. The van der Waals surface area contributed by atoms with Crippen molar-refractivity contribution in [2.24, 2.45) is 0 Å². The maximum Gasteiger partial charge on any atom is 0.326 e. The molecule has 1 atom stereocenters. The lowest BCUT2D eigenvalue weighted by Gasteiger charge is -2.28. The van der Waals surface area contributed by atoms with Crippen LogP contribution in [0.1, 0.15) is 31.8 Å². The Labute approximate surface area is 200 Å². The topological polar surface area (TPSA) is 86.7 Å². The molecule has 8 heteroatoms. The highest BCUT2D eigenvalue weighted by Gasteiger charge is 2.26. The molecular formula is C25H20Cl2N2O4. The zero-order valence-electron chi connectivity index (χ0n) is 17.4. The molecular weight excluding hydrogens is 463 g/mol. The van der Waals surface area contributed by atoms with Gasteiger partial charge in [-0.25, -0.2) is 4.79 Å². The molecule has 0 unspecified atom stereocenters. The Morgan fingerprint density at radius 1 is 0.970 bits per heavy atom. The van der Waals surface area contributed by atoms with Gasteiger partial charge >= 0.3 is 5.97 Å². The van der Waals surface area contributed by atoms with Crippen LogP contribution in [-0.2, 0) is 17.6 Å². The zero-order valence-corrected chi connectivity index (χ0v) is 18.9. The number of anilines is 1. The number of carboxylic acid groups (broad SMARTS) is 1. The van der Waals surface area contributed by atoms with Crippen molar-refractivity contribution in [1.29, 1.82) is 0 Å². The fraction of sp³-hybridized carbons (Fsp3) is 0.160. The second kappa shape index (κ2) is 9.65. The van der Waals surface area contributed by atoms with Crippen LogP contribution < -0.4 is 10.2 Å². The van der Waals surface area contributed by atoms with Gasteiger partial charge in [0, 0.05) is 24.2 Å². The smallest absolute Gasteiger partial charge is 0.326 e. The molecule has 3 aromatic rings. The van der Waals surface area contributed by atoms with Crippen molar-refractivity contribution in [3.63, 3.8) is 0 Å². The average molecular weight is 483 g/mol. The number of hydrogen-bond acceptors (Lipinski definition) is 3. The Morgan fingerprint density at radius 3 is 2.30 bits per heavy atom. The van der Waals surface area contributed by atoms with E-state index < -0.39 is 17.9 Å². The zero-order chi connectivity index (χ0) is 23.5. The van der Waals surface area contributed by atoms with Crippen LogP contribution in [0.4, 0.5) is 5.69 Å². The summed E-state index contributed by atoms with van der Waals surface area (Å²) in [5.74, 6) is -1.90. The maximum absolute atomic E-state index is 12.9. The highest BCUT2D eigenvalue weighted by atomic mass is 35.5. The summed E-state index contributed by atoms with van der Waals surface area (Å²) in [5, 5.41) is 12.4. The Hall–Kier alpha value is -3.35. The average Bonchev–Trinajstić information content (AvgIpc) is 2.79. The van der Waals surface area contributed by atoms with E-state index in [9.17, 15) is 19.5 Å². The van der Waals surface area contributed by atoms with Gasteiger partial charge in [0.15, 0.2) is 0 Å². The van der Waals surface area contributed by atoms with Crippen molar-refractivity contribution in [2.75, 3.05) is 11.4 Å². The number of carbonyl (C=O) groups excluding carboxylic acids is 2. The van der Waals surface area contributed by atoms with E-state index in [0.29, 0.717) is 17.7 Å². The van der Waals surface area contributed by atoms with Gasteiger partial charge in [0.25, 0.3) is 11.8 Å². The van der Waals surface area contributed by atoms with Crippen LogP contribution in [0, 0.1) is 0 Å². The number of hydrogen-bond donors (Lipinski definition) is 2. The number of halogens is 2. The number of aliphatic carboxylic acids is 1. The van der Waals surface area contributed by atoms with Gasteiger partial charge in [0.1, 0.15) is 6.04 Å². The summed E-state index contributed by atoms with van der Waals surface area (Å²) in [6.45, 7) is 0.571. The van der Waals surface area contributed by atoms with Crippen LogP contribution >= 0.6 is 23.2 Å². The molecule has 0 saturated carbocycles. The summed E-state index contributed by atoms with van der Waals surface area (Å²) in [5.41, 5.74) is 3.19. The van der Waals surface area contributed by atoms with Gasteiger partial charge in [-0.1, -0.05) is 59.6 Å². The van der Waals surface area contributed by atoms with Gasteiger partial charge < -0.3 is 15.3 Å². The number of amides is 2. The van der Waals surface area contributed by atoms with Gasteiger partial charge in [-0.3, -0.25) is 9.59 Å².